The summed E-state index contributed by atoms with van der Waals surface area (Å²) in [5, 5.41) is 10.5. The molecule has 20 heavy (non-hydrogen) atoms. The molecule has 2 N–H and O–H groups in total. The Balaban J connectivity index is 1.94. The number of hydrogen-bond acceptors (Lipinski definition) is 4. The highest BCUT2D eigenvalue weighted by Gasteiger charge is 2.18. The third kappa shape index (κ3) is 2.75. The van der Waals surface area contributed by atoms with Crippen LogP contribution in [0, 0.1) is 0 Å². The molecule has 2 aromatic rings. The van der Waals surface area contributed by atoms with E-state index in [9.17, 15) is 0 Å². The predicted molar refractivity (Wildman–Crippen MR) is 82.6 cm³/mol. The highest BCUT2D eigenvalue weighted by Crippen LogP contribution is 2.39. The van der Waals surface area contributed by atoms with Crippen LogP contribution in [0.3, 0.4) is 0 Å². The van der Waals surface area contributed by atoms with E-state index < -0.39 is 0 Å². The van der Waals surface area contributed by atoms with Crippen LogP contribution in [0.2, 0.25) is 10.0 Å². The third-order valence-corrected chi connectivity index (χ3v) is 5.24. The molecule has 1 aromatic heterocycles. The largest absolute Gasteiger partial charge is 0.399 e. The fourth-order valence-electron chi connectivity index (χ4n) is 2.30. The van der Waals surface area contributed by atoms with Gasteiger partial charge in [-0.3, -0.25) is 0 Å². The van der Waals surface area contributed by atoms with Gasteiger partial charge >= 0.3 is 0 Å². The molecule has 0 saturated carbocycles. The molecule has 0 aliphatic carbocycles. The Bertz CT molecular complexity index is 618. The summed E-state index contributed by atoms with van der Waals surface area (Å²) in [4.78, 5) is 0.780. The van der Waals surface area contributed by atoms with E-state index in [1.54, 1.807) is 12.1 Å². The first-order chi connectivity index (χ1) is 9.65. The SMILES string of the molecule is Nc1cc(Cl)c(Sc2nnc3n2CCCCC3)c(Cl)c1. The highest BCUT2D eigenvalue weighted by atomic mass is 35.5. The minimum atomic E-state index is 0.547. The molecule has 7 heteroatoms. The lowest BCUT2D eigenvalue weighted by Crippen LogP contribution is -2.02. The van der Waals surface area contributed by atoms with Crippen molar-refractivity contribution < 1.29 is 0 Å². The quantitative estimate of drug-likeness (QED) is 0.845. The number of nitrogen functional groups attached to an aromatic ring is 1. The van der Waals surface area contributed by atoms with Crippen LogP contribution in [0.15, 0.2) is 22.2 Å². The zero-order valence-corrected chi connectivity index (χ0v) is 13.1. The number of hydrogen-bond donors (Lipinski definition) is 1. The Morgan fingerprint density at radius 1 is 1.10 bits per heavy atom. The molecule has 0 spiro atoms. The van der Waals surface area contributed by atoms with Gasteiger partial charge in [0.05, 0.1) is 14.9 Å². The van der Waals surface area contributed by atoms with Gasteiger partial charge in [-0.05, 0) is 36.7 Å². The van der Waals surface area contributed by atoms with E-state index in [2.05, 4.69) is 14.8 Å². The van der Waals surface area contributed by atoms with Crippen molar-refractivity contribution in [3.05, 3.63) is 28.0 Å². The molecule has 4 nitrogen and oxygen atoms in total. The average Bonchev–Trinajstić information content (AvgIpc) is 2.62. The van der Waals surface area contributed by atoms with Crippen LogP contribution in [0.5, 0.6) is 0 Å². The fraction of sp³-hybridized carbons (Fsp3) is 0.385. The number of aryl methyl sites for hydroxylation is 1. The van der Waals surface area contributed by atoms with Crippen molar-refractivity contribution >= 4 is 40.7 Å². The molecule has 0 saturated heterocycles. The summed E-state index contributed by atoms with van der Waals surface area (Å²) in [6.07, 6.45) is 4.54. The van der Waals surface area contributed by atoms with Crippen molar-refractivity contribution in [2.75, 3.05) is 5.73 Å². The van der Waals surface area contributed by atoms with Gasteiger partial charge in [-0.25, -0.2) is 0 Å². The summed E-state index contributed by atoms with van der Waals surface area (Å²) < 4.78 is 2.17. The van der Waals surface area contributed by atoms with Crippen molar-refractivity contribution in [3.8, 4) is 0 Å². The number of benzene rings is 1. The minimum Gasteiger partial charge on any atom is -0.399 e. The molecule has 0 fully saturated rings. The summed E-state index contributed by atoms with van der Waals surface area (Å²) in [5.41, 5.74) is 6.28. The molecule has 0 atom stereocenters. The van der Waals surface area contributed by atoms with Crippen LogP contribution in [-0.4, -0.2) is 14.8 Å². The van der Waals surface area contributed by atoms with Crippen LogP contribution < -0.4 is 5.73 Å². The molecule has 1 aliphatic rings. The molecule has 3 rings (SSSR count). The summed E-state index contributed by atoms with van der Waals surface area (Å²) in [5.74, 6) is 1.05. The van der Waals surface area contributed by atoms with E-state index in [4.69, 9.17) is 28.9 Å². The summed E-state index contributed by atoms with van der Waals surface area (Å²) in [6.45, 7) is 0.953. The van der Waals surface area contributed by atoms with E-state index in [-0.39, 0.29) is 0 Å². The Morgan fingerprint density at radius 3 is 2.60 bits per heavy atom. The number of nitrogens with zero attached hydrogens (tertiary/aromatic N) is 3. The first-order valence-corrected chi connectivity index (χ1v) is 8.07. The van der Waals surface area contributed by atoms with Crippen molar-refractivity contribution in [3.63, 3.8) is 0 Å². The molecule has 0 unspecified atom stereocenters. The van der Waals surface area contributed by atoms with Crippen LogP contribution in [0.25, 0.3) is 0 Å². The number of aromatic nitrogens is 3. The van der Waals surface area contributed by atoms with Crippen molar-refractivity contribution in [1.29, 1.82) is 0 Å². The van der Waals surface area contributed by atoms with Crippen LogP contribution >= 0.6 is 35.0 Å². The molecule has 0 bridgehead atoms. The third-order valence-electron chi connectivity index (χ3n) is 3.29. The fourth-order valence-corrected chi connectivity index (χ4v) is 3.92. The number of nitrogens with two attached hydrogens (primary N) is 1. The molecular weight excluding hydrogens is 315 g/mol. The normalized spacial score (nSPS) is 14.9. The van der Waals surface area contributed by atoms with Gasteiger partial charge in [0.2, 0.25) is 0 Å². The highest BCUT2D eigenvalue weighted by molar-refractivity contribution is 7.99. The molecule has 1 aromatic carbocycles. The van der Waals surface area contributed by atoms with E-state index >= 15 is 0 Å². The standard InChI is InChI=1S/C13H14Cl2N4S/c14-9-6-8(16)7-10(15)12(9)20-13-18-17-11-4-2-1-3-5-19(11)13/h6-7H,1-5,16H2. The molecular formula is C13H14Cl2N4S. The van der Waals surface area contributed by atoms with Gasteiger partial charge in [0.1, 0.15) is 5.82 Å². The molecule has 1 aliphatic heterocycles. The van der Waals surface area contributed by atoms with Gasteiger partial charge in [-0.2, -0.15) is 0 Å². The Kier molecular flexibility index (Phi) is 4.10. The van der Waals surface area contributed by atoms with Gasteiger partial charge in [-0.1, -0.05) is 29.6 Å². The lowest BCUT2D eigenvalue weighted by atomic mass is 10.2. The number of halogens is 2. The number of rotatable bonds is 2. The summed E-state index contributed by atoms with van der Waals surface area (Å²) in [7, 11) is 0. The first-order valence-electron chi connectivity index (χ1n) is 6.49. The number of anilines is 1. The maximum atomic E-state index is 6.22. The van der Waals surface area contributed by atoms with Gasteiger partial charge in [0.15, 0.2) is 5.16 Å². The lowest BCUT2D eigenvalue weighted by molar-refractivity contribution is 0.591. The smallest absolute Gasteiger partial charge is 0.196 e. The van der Waals surface area contributed by atoms with Crippen LogP contribution in [0.1, 0.15) is 25.1 Å². The Labute approximate surface area is 131 Å². The maximum Gasteiger partial charge on any atom is 0.196 e. The van der Waals surface area contributed by atoms with E-state index in [0.717, 1.165) is 35.3 Å². The van der Waals surface area contributed by atoms with Gasteiger partial charge in [0.25, 0.3) is 0 Å². The van der Waals surface area contributed by atoms with Gasteiger partial charge < -0.3 is 10.3 Å². The van der Waals surface area contributed by atoms with E-state index in [1.807, 2.05) is 0 Å². The second-order valence-electron chi connectivity index (χ2n) is 4.78. The minimum absolute atomic E-state index is 0.547. The molecule has 0 amide bonds. The summed E-state index contributed by atoms with van der Waals surface area (Å²) in [6, 6.07) is 3.41. The van der Waals surface area contributed by atoms with Gasteiger partial charge in [-0.15, -0.1) is 10.2 Å². The topological polar surface area (TPSA) is 56.7 Å². The monoisotopic (exact) mass is 328 g/mol. The Morgan fingerprint density at radius 2 is 1.85 bits per heavy atom. The van der Waals surface area contributed by atoms with Gasteiger partial charge in [0, 0.05) is 18.7 Å². The first kappa shape index (κ1) is 14.0. The van der Waals surface area contributed by atoms with E-state index in [0.29, 0.717) is 15.7 Å². The van der Waals surface area contributed by atoms with Crippen molar-refractivity contribution in [2.24, 2.45) is 0 Å². The lowest BCUT2D eigenvalue weighted by Gasteiger charge is -2.09. The zero-order valence-electron chi connectivity index (χ0n) is 10.8. The van der Waals surface area contributed by atoms with E-state index in [1.165, 1.54) is 24.6 Å². The van der Waals surface area contributed by atoms with Crippen LogP contribution in [0.4, 0.5) is 5.69 Å². The molecule has 0 radical (unpaired) electrons. The average molecular weight is 329 g/mol. The van der Waals surface area contributed by atoms with Crippen LogP contribution in [-0.2, 0) is 13.0 Å². The number of fused-ring (bicyclic) bond motifs is 1. The second kappa shape index (κ2) is 5.84. The predicted octanol–water partition coefficient (Wildman–Crippen LogP) is 4.04. The zero-order chi connectivity index (χ0) is 14.1. The van der Waals surface area contributed by atoms with Crippen molar-refractivity contribution in [2.45, 2.75) is 42.3 Å². The Hall–Kier alpha value is -0.910. The second-order valence-corrected chi connectivity index (χ2v) is 6.57. The molecule has 106 valence electrons. The maximum absolute atomic E-state index is 6.22. The van der Waals surface area contributed by atoms with Crippen molar-refractivity contribution in [1.82, 2.24) is 14.8 Å². The summed E-state index contributed by atoms with van der Waals surface area (Å²) >= 11 is 13.9. The molecule has 2 heterocycles.